The summed E-state index contributed by atoms with van der Waals surface area (Å²) >= 11 is 1.18. The normalized spacial score (nSPS) is 10.1. The van der Waals surface area contributed by atoms with Crippen LogP contribution in [0.3, 0.4) is 0 Å². The Balaban J connectivity index is 2.21. The van der Waals surface area contributed by atoms with Crippen LogP contribution in [0, 0.1) is 12.7 Å². The van der Waals surface area contributed by atoms with Gasteiger partial charge in [-0.2, -0.15) is 0 Å². The van der Waals surface area contributed by atoms with Crippen LogP contribution in [0.4, 0.5) is 9.52 Å². The highest BCUT2D eigenvalue weighted by Gasteiger charge is 2.12. The maximum Gasteiger partial charge on any atom is 0.260 e. The Labute approximate surface area is 95.1 Å². The van der Waals surface area contributed by atoms with Crippen molar-refractivity contribution >= 4 is 22.4 Å². The largest absolute Gasteiger partial charge is 0.296 e. The maximum atomic E-state index is 13.4. The van der Waals surface area contributed by atoms with Gasteiger partial charge in [0, 0.05) is 0 Å². The van der Waals surface area contributed by atoms with Gasteiger partial charge in [-0.05, 0) is 24.6 Å². The van der Waals surface area contributed by atoms with Crippen molar-refractivity contribution in [2.45, 2.75) is 6.92 Å². The van der Waals surface area contributed by atoms with Crippen molar-refractivity contribution < 1.29 is 9.18 Å². The van der Waals surface area contributed by atoms with Crippen LogP contribution in [-0.2, 0) is 0 Å². The van der Waals surface area contributed by atoms with Crippen molar-refractivity contribution in [1.29, 1.82) is 0 Å². The average Bonchev–Trinajstić information content (AvgIpc) is 2.70. The minimum atomic E-state index is -0.540. The minimum absolute atomic E-state index is 0.000741. The number of hydrogen-bond donors (Lipinski definition) is 1. The van der Waals surface area contributed by atoms with Gasteiger partial charge in [-0.1, -0.05) is 17.4 Å². The summed E-state index contributed by atoms with van der Waals surface area (Å²) in [7, 11) is 0. The summed E-state index contributed by atoms with van der Waals surface area (Å²) in [5, 5.41) is 10.0. The number of amides is 1. The first-order valence-electron chi connectivity index (χ1n) is 4.50. The predicted molar refractivity (Wildman–Crippen MR) is 59.0 cm³/mol. The summed E-state index contributed by atoms with van der Waals surface area (Å²) in [4.78, 5) is 11.6. The molecule has 1 aromatic heterocycles. The zero-order valence-electron chi connectivity index (χ0n) is 8.40. The third-order valence-electron chi connectivity index (χ3n) is 1.95. The standard InChI is InChI=1S/C10H8FN3OS/c1-6-2-3-7(8(11)4-6)9(15)13-10-14-12-5-16-10/h2-5H,1H3,(H,13,14,15). The molecule has 0 saturated carbocycles. The number of anilines is 1. The van der Waals surface area contributed by atoms with Gasteiger partial charge in [-0.25, -0.2) is 4.39 Å². The molecule has 0 unspecified atom stereocenters. The number of halogens is 1. The lowest BCUT2D eigenvalue weighted by atomic mass is 10.1. The molecule has 1 amide bonds. The van der Waals surface area contributed by atoms with Crippen molar-refractivity contribution in [2.75, 3.05) is 5.32 Å². The van der Waals surface area contributed by atoms with Crippen LogP contribution < -0.4 is 5.32 Å². The number of nitrogens with zero attached hydrogens (tertiary/aromatic N) is 2. The van der Waals surface area contributed by atoms with Crippen LogP contribution in [0.2, 0.25) is 0 Å². The highest BCUT2D eigenvalue weighted by Crippen LogP contribution is 2.14. The van der Waals surface area contributed by atoms with E-state index in [2.05, 4.69) is 15.5 Å². The van der Waals surface area contributed by atoms with E-state index >= 15 is 0 Å². The van der Waals surface area contributed by atoms with Crippen LogP contribution in [0.25, 0.3) is 0 Å². The summed E-state index contributed by atoms with van der Waals surface area (Å²) in [5.41, 5.74) is 2.26. The van der Waals surface area contributed by atoms with E-state index in [4.69, 9.17) is 0 Å². The van der Waals surface area contributed by atoms with Crippen LogP contribution in [0.1, 0.15) is 15.9 Å². The van der Waals surface area contributed by atoms with Crippen LogP contribution >= 0.6 is 11.3 Å². The lowest BCUT2D eigenvalue weighted by Crippen LogP contribution is -2.13. The molecule has 1 heterocycles. The molecule has 4 nitrogen and oxygen atoms in total. The Morgan fingerprint density at radius 2 is 2.31 bits per heavy atom. The average molecular weight is 237 g/mol. The number of nitrogens with one attached hydrogen (secondary N) is 1. The fourth-order valence-corrected chi connectivity index (χ4v) is 1.64. The van der Waals surface area contributed by atoms with E-state index in [1.54, 1.807) is 13.0 Å². The highest BCUT2D eigenvalue weighted by atomic mass is 32.1. The monoisotopic (exact) mass is 237 g/mol. The van der Waals surface area contributed by atoms with Gasteiger partial charge < -0.3 is 0 Å². The van der Waals surface area contributed by atoms with Crippen molar-refractivity contribution in [3.63, 3.8) is 0 Å². The number of aryl methyl sites for hydroxylation is 1. The number of benzene rings is 1. The lowest BCUT2D eigenvalue weighted by Gasteiger charge is -2.03. The summed E-state index contributed by atoms with van der Waals surface area (Å²) in [6.45, 7) is 1.76. The van der Waals surface area contributed by atoms with Gasteiger partial charge in [0.05, 0.1) is 5.56 Å². The molecule has 0 bridgehead atoms. The number of aromatic nitrogens is 2. The molecular formula is C10H8FN3OS. The van der Waals surface area contributed by atoms with E-state index < -0.39 is 11.7 Å². The Morgan fingerprint density at radius 3 is 2.94 bits per heavy atom. The van der Waals surface area contributed by atoms with Crippen molar-refractivity contribution in [3.8, 4) is 0 Å². The lowest BCUT2D eigenvalue weighted by molar-refractivity contribution is 0.102. The smallest absolute Gasteiger partial charge is 0.260 e. The highest BCUT2D eigenvalue weighted by molar-refractivity contribution is 7.13. The third kappa shape index (κ3) is 2.22. The molecule has 0 aliphatic carbocycles. The summed E-state index contributed by atoms with van der Waals surface area (Å²) in [6.07, 6.45) is 0. The van der Waals surface area contributed by atoms with Gasteiger partial charge in [0.1, 0.15) is 11.3 Å². The first-order chi connectivity index (χ1) is 7.66. The predicted octanol–water partition coefficient (Wildman–Crippen LogP) is 2.24. The number of carbonyl (C=O) groups excluding carboxylic acids is 1. The van der Waals surface area contributed by atoms with Crippen LogP contribution in [-0.4, -0.2) is 16.1 Å². The molecule has 1 aromatic carbocycles. The zero-order chi connectivity index (χ0) is 11.5. The third-order valence-corrected chi connectivity index (χ3v) is 2.56. The molecule has 0 spiro atoms. The van der Waals surface area contributed by atoms with Gasteiger partial charge in [-0.15, -0.1) is 10.2 Å². The Bertz CT molecular complexity index is 513. The molecule has 0 radical (unpaired) electrons. The molecule has 2 aromatic rings. The molecule has 16 heavy (non-hydrogen) atoms. The SMILES string of the molecule is Cc1ccc(C(=O)Nc2nncs2)c(F)c1. The molecule has 0 aliphatic rings. The van der Waals surface area contributed by atoms with E-state index in [-0.39, 0.29) is 5.56 Å². The zero-order valence-corrected chi connectivity index (χ0v) is 9.21. The molecule has 0 aliphatic heterocycles. The fraction of sp³-hybridized carbons (Fsp3) is 0.100. The summed E-state index contributed by atoms with van der Waals surface area (Å²) in [6, 6.07) is 4.44. The van der Waals surface area contributed by atoms with Crippen molar-refractivity contribution in [3.05, 3.63) is 40.7 Å². The first-order valence-corrected chi connectivity index (χ1v) is 5.38. The van der Waals surface area contributed by atoms with E-state index in [1.807, 2.05) is 0 Å². The molecule has 0 saturated heterocycles. The molecule has 1 N–H and O–H groups in total. The van der Waals surface area contributed by atoms with Crippen LogP contribution in [0.15, 0.2) is 23.7 Å². The van der Waals surface area contributed by atoms with E-state index in [1.165, 1.54) is 29.0 Å². The number of carbonyl (C=O) groups is 1. The second-order valence-electron chi connectivity index (χ2n) is 3.18. The van der Waals surface area contributed by atoms with Gasteiger partial charge in [-0.3, -0.25) is 10.1 Å². The molecule has 6 heteroatoms. The molecule has 2 rings (SSSR count). The molecule has 0 fully saturated rings. The molecule has 0 atom stereocenters. The van der Waals surface area contributed by atoms with Crippen LogP contribution in [0.5, 0.6) is 0 Å². The van der Waals surface area contributed by atoms with E-state index in [0.717, 1.165) is 5.56 Å². The Hall–Kier alpha value is -1.82. The quantitative estimate of drug-likeness (QED) is 0.871. The summed E-state index contributed by atoms with van der Waals surface area (Å²) < 4.78 is 13.4. The van der Waals surface area contributed by atoms with Gasteiger partial charge >= 0.3 is 0 Å². The number of rotatable bonds is 2. The number of hydrogen-bond acceptors (Lipinski definition) is 4. The van der Waals surface area contributed by atoms with Gasteiger partial charge in [0.15, 0.2) is 0 Å². The van der Waals surface area contributed by atoms with E-state index in [0.29, 0.717) is 5.13 Å². The molecule has 82 valence electrons. The van der Waals surface area contributed by atoms with Gasteiger partial charge in [0.2, 0.25) is 5.13 Å². The van der Waals surface area contributed by atoms with Gasteiger partial charge in [0.25, 0.3) is 5.91 Å². The van der Waals surface area contributed by atoms with E-state index in [9.17, 15) is 9.18 Å². The molecular weight excluding hydrogens is 229 g/mol. The minimum Gasteiger partial charge on any atom is -0.296 e. The van der Waals surface area contributed by atoms with Crippen molar-refractivity contribution in [2.24, 2.45) is 0 Å². The summed E-state index contributed by atoms with van der Waals surface area (Å²) in [5.74, 6) is -1.06. The Morgan fingerprint density at radius 1 is 1.50 bits per heavy atom. The Kier molecular flexibility index (Phi) is 2.91. The first kappa shape index (κ1) is 10.7. The van der Waals surface area contributed by atoms with Crippen molar-refractivity contribution in [1.82, 2.24) is 10.2 Å². The second-order valence-corrected chi connectivity index (χ2v) is 4.01. The fourth-order valence-electron chi connectivity index (χ4n) is 1.20. The topological polar surface area (TPSA) is 54.9 Å². The second kappa shape index (κ2) is 4.36. The maximum absolute atomic E-state index is 13.4.